The maximum atomic E-state index is 13.5. The molecule has 2 bridgehead atoms. The molecule has 4 fully saturated rings. The summed E-state index contributed by atoms with van der Waals surface area (Å²) in [5.41, 5.74) is 1.88. The molecule has 5 nitrogen and oxygen atoms in total. The van der Waals surface area contributed by atoms with Crippen LogP contribution in [0, 0.1) is 17.7 Å². The van der Waals surface area contributed by atoms with E-state index in [1.807, 2.05) is 17.0 Å². The normalized spacial score (nSPS) is 27.6. The van der Waals surface area contributed by atoms with Crippen molar-refractivity contribution in [3.63, 3.8) is 0 Å². The zero-order chi connectivity index (χ0) is 24.6. The summed E-state index contributed by atoms with van der Waals surface area (Å²) in [7, 11) is 0. The Labute approximate surface area is 221 Å². The molecule has 2 aliphatic carbocycles. The smallest absolute Gasteiger partial charge is 0.266 e. The monoisotopic (exact) mass is 526 g/mol. The molecule has 0 radical (unpaired) electrons. The minimum atomic E-state index is -0.277. The first-order valence-electron chi connectivity index (χ1n) is 13.0. The van der Waals surface area contributed by atoms with Gasteiger partial charge in [0.25, 0.3) is 5.91 Å². The molecule has 0 spiro atoms. The number of hydrogen-bond donors (Lipinski definition) is 0. The molecule has 2 aromatic rings. The maximum Gasteiger partial charge on any atom is 0.266 e. The fourth-order valence-corrected chi connectivity index (χ4v) is 7.59. The Morgan fingerprint density at radius 1 is 1.14 bits per heavy atom. The number of thiocarbonyl (C=S) groups is 1. The highest BCUT2D eigenvalue weighted by atomic mass is 32.2. The number of rotatable bonds is 7. The third-order valence-corrected chi connectivity index (χ3v) is 9.44. The molecule has 3 atom stereocenters. The van der Waals surface area contributed by atoms with E-state index in [4.69, 9.17) is 21.4 Å². The van der Waals surface area contributed by atoms with Crippen molar-refractivity contribution >= 4 is 40.3 Å². The molecule has 190 valence electrons. The molecular weight excluding hydrogens is 495 g/mol. The van der Waals surface area contributed by atoms with Crippen LogP contribution in [0.25, 0.3) is 17.4 Å². The van der Waals surface area contributed by atoms with Crippen molar-refractivity contribution in [1.82, 2.24) is 9.80 Å². The topological polar surface area (TPSA) is 45.9 Å². The summed E-state index contributed by atoms with van der Waals surface area (Å²) in [6, 6.07) is 8.62. The standard InChI is InChI=1S/C28H31FN2O3S2/c29-22-7-5-19(6-8-22)24-16-21(2-1-9-30-10-12-33-13-11-30)25(34-24)17-26-27(32)31(28(35)36-26)23-15-18-3-4-20(23)14-18/h5-8,16-18,20,23H,1-4,9-15H2/b26-17+. The first kappa shape index (κ1) is 24.3. The number of hydrogen-bond acceptors (Lipinski definition) is 6. The molecule has 0 N–H and O–H groups in total. The van der Waals surface area contributed by atoms with Crippen molar-refractivity contribution in [2.45, 2.75) is 44.6 Å². The lowest BCUT2D eigenvalue weighted by Crippen LogP contribution is -2.41. The first-order valence-corrected chi connectivity index (χ1v) is 14.2. The van der Waals surface area contributed by atoms with Crippen LogP contribution in [0.15, 0.2) is 39.7 Å². The number of aryl methyl sites for hydroxylation is 1. The van der Waals surface area contributed by atoms with E-state index >= 15 is 0 Å². The molecule has 8 heteroatoms. The molecule has 6 rings (SSSR count). The summed E-state index contributed by atoms with van der Waals surface area (Å²) in [5.74, 6) is 2.45. The molecule has 36 heavy (non-hydrogen) atoms. The number of furan rings is 1. The zero-order valence-electron chi connectivity index (χ0n) is 20.3. The van der Waals surface area contributed by atoms with E-state index in [9.17, 15) is 9.18 Å². The van der Waals surface area contributed by atoms with E-state index in [1.54, 1.807) is 12.1 Å². The second-order valence-corrected chi connectivity index (χ2v) is 12.0. The van der Waals surface area contributed by atoms with Crippen molar-refractivity contribution in [2.24, 2.45) is 11.8 Å². The van der Waals surface area contributed by atoms with Crippen LogP contribution in [0.2, 0.25) is 0 Å². The summed E-state index contributed by atoms with van der Waals surface area (Å²) in [5, 5.41) is 0. The average Bonchev–Trinajstić information content (AvgIpc) is 3.66. The molecule has 2 saturated heterocycles. The molecule has 3 unspecified atom stereocenters. The minimum absolute atomic E-state index is 0.0153. The van der Waals surface area contributed by atoms with Crippen LogP contribution in [0.3, 0.4) is 0 Å². The van der Waals surface area contributed by atoms with Crippen LogP contribution in [0.5, 0.6) is 0 Å². The summed E-state index contributed by atoms with van der Waals surface area (Å²) >= 11 is 7.07. The number of morpholine rings is 1. The number of ether oxygens (including phenoxy) is 1. The average molecular weight is 527 g/mol. The van der Waals surface area contributed by atoms with E-state index in [0.717, 1.165) is 69.2 Å². The van der Waals surface area contributed by atoms with Crippen LogP contribution in [-0.4, -0.2) is 58.9 Å². The van der Waals surface area contributed by atoms with Crippen molar-refractivity contribution < 1.29 is 18.3 Å². The number of halogens is 1. The van der Waals surface area contributed by atoms with Crippen LogP contribution in [-0.2, 0) is 16.0 Å². The third kappa shape index (κ3) is 4.93. The molecule has 1 amide bonds. The van der Waals surface area contributed by atoms with E-state index in [2.05, 4.69) is 4.90 Å². The number of fused-ring (bicyclic) bond motifs is 2. The van der Waals surface area contributed by atoms with Crippen LogP contribution in [0.1, 0.15) is 43.4 Å². The lowest BCUT2D eigenvalue weighted by molar-refractivity contribution is -0.124. The van der Waals surface area contributed by atoms with E-state index < -0.39 is 0 Å². The van der Waals surface area contributed by atoms with Crippen molar-refractivity contribution in [3.8, 4) is 11.3 Å². The van der Waals surface area contributed by atoms with Gasteiger partial charge in [0.15, 0.2) is 0 Å². The predicted molar refractivity (Wildman–Crippen MR) is 144 cm³/mol. The Hall–Kier alpha value is -2.00. The SMILES string of the molecule is O=C1/C(=C\c2oc(-c3ccc(F)cc3)cc2CCCN2CCOCC2)SC(=S)N1C1CC2CCC1C2. The largest absolute Gasteiger partial charge is 0.456 e. The highest BCUT2D eigenvalue weighted by Crippen LogP contribution is 2.49. The summed E-state index contributed by atoms with van der Waals surface area (Å²) < 4.78 is 25.9. The van der Waals surface area contributed by atoms with Gasteiger partial charge in [0.2, 0.25) is 0 Å². The molecule has 2 saturated carbocycles. The molecule has 1 aromatic heterocycles. The van der Waals surface area contributed by atoms with Crippen molar-refractivity contribution in [1.29, 1.82) is 0 Å². The second-order valence-electron chi connectivity index (χ2n) is 10.4. The van der Waals surface area contributed by atoms with Crippen molar-refractivity contribution in [3.05, 3.63) is 52.4 Å². The Morgan fingerprint density at radius 3 is 2.67 bits per heavy atom. The molecular formula is C28H31FN2O3S2. The number of nitrogens with zero attached hydrogens (tertiary/aromatic N) is 2. The summed E-state index contributed by atoms with van der Waals surface area (Å²) in [6.45, 7) is 4.49. The van der Waals surface area contributed by atoms with Gasteiger partial charge in [-0.25, -0.2) is 4.39 Å². The second kappa shape index (κ2) is 10.4. The van der Waals surface area contributed by atoms with Gasteiger partial charge >= 0.3 is 0 Å². The van der Waals surface area contributed by atoms with Crippen LogP contribution >= 0.6 is 24.0 Å². The highest BCUT2D eigenvalue weighted by Gasteiger charge is 2.48. The number of carbonyl (C=O) groups excluding carboxylic acids is 1. The van der Waals surface area contributed by atoms with E-state index in [1.165, 1.54) is 43.2 Å². The predicted octanol–water partition coefficient (Wildman–Crippen LogP) is 5.74. The van der Waals surface area contributed by atoms with Crippen LogP contribution in [0.4, 0.5) is 4.39 Å². The lowest BCUT2D eigenvalue weighted by Gasteiger charge is -2.30. The maximum absolute atomic E-state index is 13.5. The summed E-state index contributed by atoms with van der Waals surface area (Å²) in [6.07, 6.45) is 8.50. The molecule has 2 aliphatic heterocycles. The summed E-state index contributed by atoms with van der Waals surface area (Å²) in [4.78, 5) is 18.4. The van der Waals surface area contributed by atoms with Gasteiger partial charge in [-0.1, -0.05) is 30.4 Å². The number of thioether (sulfide) groups is 1. The molecule has 1 aromatic carbocycles. The van der Waals surface area contributed by atoms with Gasteiger partial charge in [0, 0.05) is 30.8 Å². The van der Waals surface area contributed by atoms with Gasteiger partial charge in [-0.2, -0.15) is 0 Å². The zero-order valence-corrected chi connectivity index (χ0v) is 21.9. The van der Waals surface area contributed by atoms with Gasteiger partial charge in [0.05, 0.1) is 18.1 Å². The van der Waals surface area contributed by atoms with Gasteiger partial charge in [-0.15, -0.1) is 0 Å². The van der Waals surface area contributed by atoms with Gasteiger partial charge in [0.1, 0.15) is 21.7 Å². The fourth-order valence-electron chi connectivity index (χ4n) is 6.25. The minimum Gasteiger partial charge on any atom is -0.456 e. The van der Waals surface area contributed by atoms with E-state index in [-0.39, 0.29) is 17.8 Å². The number of benzene rings is 1. The van der Waals surface area contributed by atoms with E-state index in [0.29, 0.717) is 26.7 Å². The Morgan fingerprint density at radius 2 is 1.94 bits per heavy atom. The quantitative estimate of drug-likeness (QED) is 0.339. The Bertz CT molecular complexity index is 1170. The number of carbonyl (C=O) groups is 1. The van der Waals surface area contributed by atoms with Gasteiger partial charge < -0.3 is 9.15 Å². The van der Waals surface area contributed by atoms with Crippen LogP contribution < -0.4 is 0 Å². The van der Waals surface area contributed by atoms with Gasteiger partial charge in [-0.3, -0.25) is 14.6 Å². The third-order valence-electron chi connectivity index (χ3n) is 8.11. The first-order chi connectivity index (χ1) is 17.5. The van der Waals surface area contributed by atoms with Gasteiger partial charge in [-0.05, 0) is 86.4 Å². The molecule has 3 heterocycles. The highest BCUT2D eigenvalue weighted by molar-refractivity contribution is 8.26. The Balaban J connectivity index is 1.24. The van der Waals surface area contributed by atoms with Crippen molar-refractivity contribution in [2.75, 3.05) is 32.8 Å². The fraction of sp³-hybridized carbons (Fsp3) is 0.500. The lowest BCUT2D eigenvalue weighted by atomic mass is 9.94. The number of amides is 1. The Kier molecular flexibility index (Phi) is 7.03. The molecule has 4 aliphatic rings.